The number of amides is 4. The monoisotopic (exact) mass is 288 g/mol. The van der Waals surface area contributed by atoms with Crippen LogP contribution in [0.1, 0.15) is 5.56 Å². The Morgan fingerprint density at radius 3 is 2.50 bits per heavy atom. The minimum atomic E-state index is -1.06. The highest BCUT2D eigenvalue weighted by Gasteiger charge is 2.38. The van der Waals surface area contributed by atoms with Crippen LogP contribution in [0.25, 0.3) is 0 Å². The maximum atomic E-state index is 11.2. The van der Waals surface area contributed by atoms with Crippen molar-refractivity contribution >= 4 is 41.0 Å². The molecule has 0 spiro atoms. The predicted molar refractivity (Wildman–Crippen MR) is 61.6 cm³/mol. The van der Waals surface area contributed by atoms with Crippen molar-refractivity contribution in [3.8, 4) is 0 Å². The fraction of sp³-hybridized carbons (Fsp3) is 0.100. The van der Waals surface area contributed by atoms with Crippen molar-refractivity contribution in [2.75, 3.05) is 0 Å². The topological polar surface area (TPSA) is 75.7 Å². The molecule has 0 aliphatic carbocycles. The first-order valence-corrected chi connectivity index (χ1v) is 5.51. The molecule has 0 radical (unpaired) electrons. The maximum Gasteiger partial charge on any atom is 0.356 e. The summed E-state index contributed by atoms with van der Waals surface area (Å²) in [5.41, 5.74) is 0.529. The van der Waals surface area contributed by atoms with Gasteiger partial charge in [-0.25, -0.2) is 4.79 Å². The number of rotatable bonds is 3. The molecule has 94 valence electrons. The van der Waals surface area contributed by atoms with Crippen LogP contribution < -0.4 is 5.32 Å². The van der Waals surface area contributed by atoms with Crippen molar-refractivity contribution in [3.63, 3.8) is 0 Å². The molecule has 18 heavy (non-hydrogen) atoms. The molecular weight excluding hydrogens is 283 g/mol. The summed E-state index contributed by atoms with van der Waals surface area (Å²) < 4.78 is 0. The van der Waals surface area contributed by atoms with E-state index < -0.39 is 17.8 Å². The summed E-state index contributed by atoms with van der Waals surface area (Å²) in [7, 11) is 0. The fourth-order valence-corrected chi connectivity index (χ4v) is 1.74. The second kappa shape index (κ2) is 4.93. The van der Waals surface area contributed by atoms with E-state index in [1.54, 1.807) is 17.4 Å². The Bertz CT molecular complexity index is 547. The van der Waals surface area contributed by atoms with Crippen molar-refractivity contribution in [2.45, 2.75) is 6.61 Å². The molecule has 8 heteroatoms. The van der Waals surface area contributed by atoms with Crippen molar-refractivity contribution in [3.05, 3.63) is 33.8 Å². The number of hydrogen-bond donors (Lipinski definition) is 1. The Labute approximate surface area is 111 Å². The lowest BCUT2D eigenvalue weighted by molar-refractivity contribution is -0.169. The quantitative estimate of drug-likeness (QED) is 0.676. The minimum Gasteiger partial charge on any atom is -0.267 e. The van der Waals surface area contributed by atoms with Crippen LogP contribution >= 0.6 is 23.2 Å². The Kier molecular flexibility index (Phi) is 3.51. The van der Waals surface area contributed by atoms with Crippen LogP contribution in [-0.2, 0) is 21.0 Å². The molecule has 0 atom stereocenters. The molecule has 2 rings (SSSR count). The van der Waals surface area contributed by atoms with E-state index >= 15 is 0 Å². The number of nitrogens with zero attached hydrogens (tertiary/aromatic N) is 1. The summed E-state index contributed by atoms with van der Waals surface area (Å²) in [4.78, 5) is 38.1. The van der Waals surface area contributed by atoms with Crippen molar-refractivity contribution in [2.24, 2.45) is 0 Å². The van der Waals surface area contributed by atoms with Crippen LogP contribution in [0.15, 0.2) is 18.2 Å². The van der Waals surface area contributed by atoms with Crippen LogP contribution in [-0.4, -0.2) is 22.9 Å². The van der Waals surface area contributed by atoms with Gasteiger partial charge in [-0.1, -0.05) is 29.3 Å². The van der Waals surface area contributed by atoms with Gasteiger partial charge in [0.2, 0.25) is 0 Å². The summed E-state index contributed by atoms with van der Waals surface area (Å²) in [5, 5.41) is 2.94. The number of urea groups is 1. The molecule has 1 aliphatic rings. The van der Waals surface area contributed by atoms with Gasteiger partial charge >= 0.3 is 17.8 Å². The molecule has 1 heterocycles. The lowest BCUT2D eigenvalue weighted by Crippen LogP contribution is -2.31. The number of imide groups is 2. The van der Waals surface area contributed by atoms with E-state index in [2.05, 4.69) is 0 Å². The van der Waals surface area contributed by atoms with Crippen LogP contribution in [0.2, 0.25) is 10.0 Å². The van der Waals surface area contributed by atoms with Crippen LogP contribution in [0.4, 0.5) is 4.79 Å². The third-order valence-electron chi connectivity index (χ3n) is 2.15. The summed E-state index contributed by atoms with van der Waals surface area (Å²) in [5.74, 6) is -2.09. The molecule has 1 aromatic carbocycles. The number of nitrogens with one attached hydrogen (secondary N) is 1. The first kappa shape index (κ1) is 12.8. The molecule has 1 N–H and O–H groups in total. The number of carbonyl (C=O) groups excluding carboxylic acids is 3. The van der Waals surface area contributed by atoms with Gasteiger partial charge in [0.1, 0.15) is 6.61 Å². The molecule has 0 bridgehead atoms. The molecule has 1 saturated heterocycles. The molecule has 0 aromatic heterocycles. The first-order valence-electron chi connectivity index (χ1n) is 4.75. The smallest absolute Gasteiger partial charge is 0.267 e. The average molecular weight is 289 g/mol. The Morgan fingerprint density at radius 1 is 1.22 bits per heavy atom. The molecule has 1 aliphatic heterocycles. The second-order valence-electron chi connectivity index (χ2n) is 3.37. The number of benzene rings is 1. The summed E-state index contributed by atoms with van der Waals surface area (Å²) in [6.45, 7) is -0.136. The third kappa shape index (κ3) is 2.45. The second-order valence-corrected chi connectivity index (χ2v) is 4.21. The van der Waals surface area contributed by atoms with Crippen LogP contribution in [0.3, 0.4) is 0 Å². The summed E-state index contributed by atoms with van der Waals surface area (Å²) in [6, 6.07) is 3.75. The molecule has 6 nitrogen and oxygen atoms in total. The SMILES string of the molecule is O=C1NC(=O)N(OCc2ccc(Cl)cc2Cl)C1=O. The van der Waals surface area contributed by atoms with Gasteiger partial charge in [-0.15, -0.1) is 5.06 Å². The van der Waals surface area contributed by atoms with E-state index in [0.717, 1.165) is 0 Å². The molecular formula is C10H6Cl2N2O4. The average Bonchev–Trinajstić information content (AvgIpc) is 2.53. The van der Waals surface area contributed by atoms with Gasteiger partial charge in [0, 0.05) is 10.0 Å². The van der Waals surface area contributed by atoms with Crippen LogP contribution in [0, 0.1) is 0 Å². The minimum absolute atomic E-state index is 0.136. The zero-order valence-electron chi connectivity index (χ0n) is 8.78. The normalized spacial score (nSPS) is 15.2. The van der Waals surface area contributed by atoms with E-state index in [4.69, 9.17) is 28.0 Å². The lowest BCUT2D eigenvalue weighted by atomic mass is 10.2. The molecule has 0 unspecified atom stereocenters. The number of carbonyl (C=O) groups is 3. The van der Waals surface area contributed by atoms with Crippen LogP contribution in [0.5, 0.6) is 0 Å². The van der Waals surface area contributed by atoms with Gasteiger partial charge in [0.15, 0.2) is 0 Å². The van der Waals surface area contributed by atoms with E-state index in [-0.39, 0.29) is 6.61 Å². The van der Waals surface area contributed by atoms with Gasteiger partial charge in [0.05, 0.1) is 0 Å². The van der Waals surface area contributed by atoms with Gasteiger partial charge in [-0.05, 0) is 17.7 Å². The van der Waals surface area contributed by atoms with Crippen molar-refractivity contribution in [1.82, 2.24) is 10.4 Å². The summed E-state index contributed by atoms with van der Waals surface area (Å²) in [6.07, 6.45) is 0. The largest absolute Gasteiger partial charge is 0.356 e. The molecule has 1 fully saturated rings. The Morgan fingerprint density at radius 2 is 1.94 bits per heavy atom. The highest BCUT2D eigenvalue weighted by molar-refractivity contribution is 6.44. The number of hydrogen-bond acceptors (Lipinski definition) is 4. The maximum absolute atomic E-state index is 11.2. The third-order valence-corrected chi connectivity index (χ3v) is 2.73. The highest BCUT2D eigenvalue weighted by Crippen LogP contribution is 2.22. The zero-order chi connectivity index (χ0) is 13.3. The number of halogens is 2. The van der Waals surface area contributed by atoms with E-state index in [0.29, 0.717) is 20.7 Å². The first-order chi connectivity index (χ1) is 8.49. The van der Waals surface area contributed by atoms with Gasteiger partial charge in [0.25, 0.3) is 0 Å². The van der Waals surface area contributed by atoms with E-state index in [1.165, 1.54) is 6.07 Å². The Hall–Kier alpha value is -1.63. The molecule has 1 aromatic rings. The molecule has 0 saturated carbocycles. The highest BCUT2D eigenvalue weighted by atomic mass is 35.5. The zero-order valence-corrected chi connectivity index (χ0v) is 10.3. The van der Waals surface area contributed by atoms with Gasteiger partial charge in [-0.2, -0.15) is 0 Å². The fourth-order valence-electron chi connectivity index (χ4n) is 1.28. The van der Waals surface area contributed by atoms with Gasteiger partial charge < -0.3 is 0 Å². The number of hydroxylamine groups is 2. The Balaban J connectivity index is 2.06. The predicted octanol–water partition coefficient (Wildman–Crippen LogP) is 1.50. The van der Waals surface area contributed by atoms with E-state index in [9.17, 15) is 14.4 Å². The van der Waals surface area contributed by atoms with E-state index in [1.807, 2.05) is 0 Å². The summed E-state index contributed by atoms with van der Waals surface area (Å²) >= 11 is 11.6. The molecule has 4 amide bonds. The lowest BCUT2D eigenvalue weighted by Gasteiger charge is -2.11. The van der Waals surface area contributed by atoms with Crippen molar-refractivity contribution < 1.29 is 19.2 Å². The standard InChI is InChI=1S/C10H6Cl2N2O4/c11-6-2-1-5(7(12)3-6)4-18-14-9(16)8(15)13-10(14)17/h1-3H,4H2,(H,13,15,17). The van der Waals surface area contributed by atoms with Gasteiger partial charge in [-0.3, -0.25) is 19.7 Å². The van der Waals surface area contributed by atoms with Crippen molar-refractivity contribution in [1.29, 1.82) is 0 Å².